The lowest BCUT2D eigenvalue weighted by Crippen LogP contribution is -2.34. The largest absolute Gasteiger partial charge is 0.481 e. The van der Waals surface area contributed by atoms with Gasteiger partial charge in [0.15, 0.2) is 5.25 Å². The first-order valence-electron chi connectivity index (χ1n) is 4.74. The van der Waals surface area contributed by atoms with Crippen LogP contribution >= 0.6 is 0 Å². The van der Waals surface area contributed by atoms with E-state index >= 15 is 0 Å². The highest BCUT2D eigenvalue weighted by atomic mass is 32.2. The molecule has 1 atom stereocenters. The van der Waals surface area contributed by atoms with Crippen molar-refractivity contribution in [3.8, 4) is 0 Å². The average Bonchev–Trinajstić information content (AvgIpc) is 2.19. The third-order valence-corrected chi connectivity index (χ3v) is 2.86. The van der Waals surface area contributed by atoms with E-state index in [9.17, 15) is 18.0 Å². The van der Waals surface area contributed by atoms with Crippen LogP contribution in [0.15, 0.2) is 0 Å². The molecule has 1 unspecified atom stereocenters. The van der Waals surface area contributed by atoms with Gasteiger partial charge in [-0.15, -0.1) is 0 Å². The standard InChI is InChI=1S/C8H14O8S/c9-3-1-2-4-16-8(12)6(5-7(10)11)17(13,14)15/h6,9H,1-5H2,(H,10,11)(H,13,14,15). The lowest BCUT2D eigenvalue weighted by Gasteiger charge is -2.11. The maximum atomic E-state index is 11.2. The number of esters is 1. The zero-order valence-electron chi connectivity index (χ0n) is 8.90. The monoisotopic (exact) mass is 270 g/mol. The highest BCUT2D eigenvalue weighted by Crippen LogP contribution is 2.07. The molecular formula is C8H14O8S. The number of rotatable bonds is 8. The minimum atomic E-state index is -4.81. The molecule has 0 aliphatic carbocycles. The van der Waals surface area contributed by atoms with Gasteiger partial charge in [0.1, 0.15) is 0 Å². The summed E-state index contributed by atoms with van der Waals surface area (Å²) in [5.74, 6) is -2.85. The van der Waals surface area contributed by atoms with Crippen molar-refractivity contribution in [2.45, 2.75) is 24.5 Å². The zero-order chi connectivity index (χ0) is 13.5. The van der Waals surface area contributed by atoms with Crippen molar-refractivity contribution in [2.24, 2.45) is 0 Å². The molecule has 0 saturated heterocycles. The summed E-state index contributed by atoms with van der Waals surface area (Å²) in [6, 6.07) is 0. The Morgan fingerprint density at radius 1 is 1.24 bits per heavy atom. The predicted octanol–water partition coefficient (Wildman–Crippen LogP) is -0.967. The van der Waals surface area contributed by atoms with Gasteiger partial charge in [0, 0.05) is 6.61 Å². The van der Waals surface area contributed by atoms with Gasteiger partial charge in [-0.1, -0.05) is 0 Å². The lowest BCUT2D eigenvalue weighted by molar-refractivity contribution is -0.147. The van der Waals surface area contributed by atoms with Gasteiger partial charge in [0.05, 0.1) is 13.0 Å². The summed E-state index contributed by atoms with van der Waals surface area (Å²) < 4.78 is 34.6. The van der Waals surface area contributed by atoms with E-state index in [2.05, 4.69) is 4.74 Å². The molecule has 0 rings (SSSR count). The number of hydrogen-bond donors (Lipinski definition) is 3. The molecule has 100 valence electrons. The molecule has 0 aromatic carbocycles. The quantitative estimate of drug-likeness (QED) is 0.291. The van der Waals surface area contributed by atoms with E-state index in [1.165, 1.54) is 0 Å². The number of hydrogen-bond acceptors (Lipinski definition) is 6. The Bertz CT molecular complexity index is 360. The molecule has 3 N–H and O–H groups in total. The van der Waals surface area contributed by atoms with Crippen molar-refractivity contribution in [3.05, 3.63) is 0 Å². The Kier molecular flexibility index (Phi) is 6.69. The minimum absolute atomic E-state index is 0.103. The van der Waals surface area contributed by atoms with E-state index in [4.69, 9.17) is 14.8 Å². The number of carboxylic acid groups (broad SMARTS) is 1. The van der Waals surface area contributed by atoms with E-state index in [0.29, 0.717) is 12.8 Å². The molecule has 0 aromatic rings. The highest BCUT2D eigenvalue weighted by Gasteiger charge is 2.34. The van der Waals surface area contributed by atoms with Crippen LogP contribution in [0.1, 0.15) is 19.3 Å². The van der Waals surface area contributed by atoms with E-state index < -0.39 is 33.7 Å². The molecule has 0 saturated carbocycles. The van der Waals surface area contributed by atoms with Crippen molar-refractivity contribution < 1.29 is 37.5 Å². The Morgan fingerprint density at radius 3 is 2.24 bits per heavy atom. The van der Waals surface area contributed by atoms with Crippen molar-refractivity contribution in [2.75, 3.05) is 13.2 Å². The van der Waals surface area contributed by atoms with Crippen molar-refractivity contribution in [3.63, 3.8) is 0 Å². The van der Waals surface area contributed by atoms with Gasteiger partial charge in [-0.2, -0.15) is 8.42 Å². The van der Waals surface area contributed by atoms with Gasteiger partial charge in [0.25, 0.3) is 10.1 Å². The maximum absolute atomic E-state index is 11.2. The van der Waals surface area contributed by atoms with E-state index in [0.717, 1.165) is 0 Å². The van der Waals surface area contributed by atoms with Gasteiger partial charge in [-0.05, 0) is 12.8 Å². The Balaban J connectivity index is 4.40. The molecule has 0 aliphatic heterocycles. The number of aliphatic hydroxyl groups is 1. The van der Waals surface area contributed by atoms with Crippen LogP contribution in [0.5, 0.6) is 0 Å². The molecule has 0 aromatic heterocycles. The molecule has 0 amide bonds. The predicted molar refractivity (Wildman–Crippen MR) is 54.9 cm³/mol. The SMILES string of the molecule is O=C(O)CC(C(=O)OCCCCO)S(=O)(=O)O. The van der Waals surface area contributed by atoms with Crippen LogP contribution in [0.25, 0.3) is 0 Å². The summed E-state index contributed by atoms with van der Waals surface area (Å²) in [4.78, 5) is 21.5. The molecule has 9 heteroatoms. The van der Waals surface area contributed by atoms with E-state index in [1.807, 2.05) is 0 Å². The van der Waals surface area contributed by atoms with Crippen LogP contribution in [0.4, 0.5) is 0 Å². The van der Waals surface area contributed by atoms with Gasteiger partial charge in [-0.3, -0.25) is 14.1 Å². The second kappa shape index (κ2) is 7.20. The summed E-state index contributed by atoms with van der Waals surface area (Å²) in [6.07, 6.45) is -0.381. The van der Waals surface area contributed by atoms with E-state index in [1.54, 1.807) is 0 Å². The molecule has 0 bridgehead atoms. The number of aliphatic carboxylic acids is 1. The molecule has 0 radical (unpaired) electrons. The third kappa shape index (κ3) is 6.87. The zero-order valence-corrected chi connectivity index (χ0v) is 9.72. The topological polar surface area (TPSA) is 138 Å². The fourth-order valence-electron chi connectivity index (χ4n) is 0.948. The number of unbranched alkanes of at least 4 members (excludes halogenated alkanes) is 1. The first-order valence-corrected chi connectivity index (χ1v) is 6.25. The molecule has 0 fully saturated rings. The summed E-state index contributed by atoms with van der Waals surface area (Å²) >= 11 is 0. The van der Waals surface area contributed by atoms with Crippen LogP contribution in [0.3, 0.4) is 0 Å². The highest BCUT2D eigenvalue weighted by molar-refractivity contribution is 7.87. The van der Waals surface area contributed by atoms with Crippen molar-refractivity contribution in [1.29, 1.82) is 0 Å². The van der Waals surface area contributed by atoms with Crippen LogP contribution in [0.2, 0.25) is 0 Å². The van der Waals surface area contributed by atoms with Crippen molar-refractivity contribution >= 4 is 22.1 Å². The van der Waals surface area contributed by atoms with Gasteiger partial charge in [-0.25, -0.2) is 0 Å². The third-order valence-electron chi connectivity index (χ3n) is 1.78. The molecule has 8 nitrogen and oxygen atoms in total. The fourth-order valence-corrected chi connectivity index (χ4v) is 1.61. The van der Waals surface area contributed by atoms with Gasteiger partial charge >= 0.3 is 11.9 Å². The van der Waals surface area contributed by atoms with Crippen LogP contribution in [0, 0.1) is 0 Å². The molecule has 17 heavy (non-hydrogen) atoms. The summed E-state index contributed by atoms with van der Waals surface area (Å²) in [7, 11) is -4.81. The van der Waals surface area contributed by atoms with Gasteiger partial charge < -0.3 is 14.9 Å². The van der Waals surface area contributed by atoms with Crippen LogP contribution in [-0.2, 0) is 24.4 Å². The molecular weight excluding hydrogens is 256 g/mol. The first-order chi connectivity index (χ1) is 7.79. The summed E-state index contributed by atoms with van der Waals surface area (Å²) in [6.45, 7) is -0.251. The lowest BCUT2D eigenvalue weighted by atomic mass is 10.3. The Morgan fingerprint density at radius 2 is 1.82 bits per heavy atom. The first kappa shape index (κ1) is 15.8. The molecule has 0 spiro atoms. The molecule has 0 aliphatic rings. The van der Waals surface area contributed by atoms with Crippen LogP contribution < -0.4 is 0 Å². The Hall–Kier alpha value is -1.19. The number of carbonyl (C=O) groups is 2. The van der Waals surface area contributed by atoms with E-state index in [-0.39, 0.29) is 13.2 Å². The average molecular weight is 270 g/mol. The van der Waals surface area contributed by atoms with Crippen LogP contribution in [-0.4, -0.2) is 53.6 Å². The summed E-state index contributed by atoms with van der Waals surface area (Å²) in [5, 5.41) is 14.7. The Labute approximate surface area is 97.9 Å². The smallest absolute Gasteiger partial charge is 0.327 e. The number of carboxylic acids is 1. The number of ether oxygens (including phenoxy) is 1. The number of aliphatic hydroxyl groups excluding tert-OH is 1. The molecule has 0 heterocycles. The normalized spacial score (nSPS) is 13.1. The van der Waals surface area contributed by atoms with Crippen molar-refractivity contribution in [1.82, 2.24) is 0 Å². The minimum Gasteiger partial charge on any atom is -0.481 e. The fraction of sp³-hybridized carbons (Fsp3) is 0.750. The number of carbonyl (C=O) groups excluding carboxylic acids is 1. The summed E-state index contributed by atoms with van der Waals surface area (Å²) in [5.41, 5.74) is 0. The maximum Gasteiger partial charge on any atom is 0.327 e. The van der Waals surface area contributed by atoms with Gasteiger partial charge in [0.2, 0.25) is 0 Å². The second-order valence-corrected chi connectivity index (χ2v) is 4.80. The second-order valence-electron chi connectivity index (χ2n) is 3.20.